The molecule has 2 atom stereocenters. The number of hydrogen-bond acceptors (Lipinski definition) is 3. The van der Waals surface area contributed by atoms with Crippen molar-refractivity contribution in [2.24, 2.45) is 0 Å². The lowest BCUT2D eigenvalue weighted by molar-refractivity contribution is 0.109. The molecule has 3 nitrogen and oxygen atoms in total. The van der Waals surface area contributed by atoms with Crippen LogP contribution in [0.5, 0.6) is 0 Å². The molecule has 0 aliphatic carbocycles. The molecular weight excluding hydrogens is 255 g/mol. The molecule has 1 aliphatic heterocycles. The van der Waals surface area contributed by atoms with Crippen LogP contribution in [0.15, 0.2) is 18.2 Å². The second kappa shape index (κ2) is 6.14. The first kappa shape index (κ1) is 13.3. The molecule has 1 saturated heterocycles. The van der Waals surface area contributed by atoms with Crippen LogP contribution in [0.25, 0.3) is 0 Å². The van der Waals surface area contributed by atoms with Crippen LogP contribution >= 0.6 is 11.6 Å². The summed E-state index contributed by atoms with van der Waals surface area (Å²) in [5.74, 6) is -0.537. The van der Waals surface area contributed by atoms with Crippen LogP contribution < -0.4 is 5.32 Å². The predicted molar refractivity (Wildman–Crippen MR) is 66.7 cm³/mol. The van der Waals surface area contributed by atoms with E-state index in [1.54, 1.807) is 12.1 Å². The third kappa shape index (κ3) is 2.99. The van der Waals surface area contributed by atoms with E-state index < -0.39 is 11.9 Å². The molecule has 1 heterocycles. The molecule has 18 heavy (non-hydrogen) atoms. The van der Waals surface area contributed by atoms with Gasteiger partial charge in [0.15, 0.2) is 0 Å². The number of halogens is 2. The minimum absolute atomic E-state index is 0.0340. The van der Waals surface area contributed by atoms with Gasteiger partial charge in [-0.2, -0.15) is 5.26 Å². The number of nitriles is 1. The number of ether oxygens (including phenoxy) is 1. The first-order chi connectivity index (χ1) is 8.72. The highest BCUT2D eigenvalue weighted by atomic mass is 35.5. The molecule has 1 aromatic carbocycles. The molecule has 1 fully saturated rings. The quantitative estimate of drug-likeness (QED) is 0.913. The molecule has 0 radical (unpaired) electrons. The third-order valence-electron chi connectivity index (χ3n) is 3.00. The fourth-order valence-corrected chi connectivity index (χ4v) is 2.21. The highest BCUT2D eigenvalue weighted by molar-refractivity contribution is 6.30. The van der Waals surface area contributed by atoms with Crippen molar-refractivity contribution in [3.63, 3.8) is 0 Å². The van der Waals surface area contributed by atoms with Crippen LogP contribution in [0.4, 0.5) is 4.39 Å². The van der Waals surface area contributed by atoms with Crippen molar-refractivity contribution in [1.29, 1.82) is 5.26 Å². The second-order valence-electron chi connectivity index (χ2n) is 4.25. The number of rotatable bonds is 4. The minimum Gasteiger partial charge on any atom is -0.377 e. The van der Waals surface area contributed by atoms with Crippen LogP contribution in [-0.2, 0) is 4.74 Å². The van der Waals surface area contributed by atoms with E-state index in [0.29, 0.717) is 6.54 Å². The minimum atomic E-state index is -0.701. The van der Waals surface area contributed by atoms with E-state index in [-0.39, 0.29) is 16.7 Å². The number of benzene rings is 1. The summed E-state index contributed by atoms with van der Waals surface area (Å²) < 4.78 is 19.2. The van der Waals surface area contributed by atoms with Crippen molar-refractivity contribution in [2.45, 2.75) is 25.0 Å². The van der Waals surface area contributed by atoms with Gasteiger partial charge in [0.1, 0.15) is 11.9 Å². The van der Waals surface area contributed by atoms with Gasteiger partial charge in [0.05, 0.1) is 17.2 Å². The fraction of sp³-hybridized carbons (Fsp3) is 0.462. The molecule has 2 unspecified atom stereocenters. The lowest BCUT2D eigenvalue weighted by atomic mass is 10.1. The van der Waals surface area contributed by atoms with Gasteiger partial charge in [0.2, 0.25) is 0 Å². The summed E-state index contributed by atoms with van der Waals surface area (Å²) >= 11 is 5.71. The van der Waals surface area contributed by atoms with Gasteiger partial charge in [-0.1, -0.05) is 23.7 Å². The Hall–Kier alpha value is -1.15. The average Bonchev–Trinajstić information content (AvgIpc) is 2.88. The highest BCUT2D eigenvalue weighted by Crippen LogP contribution is 2.23. The Morgan fingerprint density at radius 1 is 1.61 bits per heavy atom. The largest absolute Gasteiger partial charge is 0.377 e. The lowest BCUT2D eigenvalue weighted by Crippen LogP contribution is -2.29. The average molecular weight is 269 g/mol. The molecule has 0 amide bonds. The van der Waals surface area contributed by atoms with Gasteiger partial charge >= 0.3 is 0 Å². The van der Waals surface area contributed by atoms with E-state index in [0.717, 1.165) is 19.4 Å². The van der Waals surface area contributed by atoms with Gasteiger partial charge in [0, 0.05) is 18.7 Å². The molecule has 0 spiro atoms. The molecule has 1 aliphatic rings. The Balaban J connectivity index is 2.03. The maximum absolute atomic E-state index is 13.8. The SMILES string of the molecule is N#CC(NCC1CCCO1)c1cccc(Cl)c1F. The molecule has 0 bridgehead atoms. The molecule has 1 aromatic rings. The normalized spacial score (nSPS) is 20.6. The van der Waals surface area contributed by atoms with E-state index in [1.165, 1.54) is 6.07 Å². The Labute approximate surface area is 111 Å². The molecule has 2 rings (SSSR count). The molecular formula is C13H14ClFN2O. The molecule has 1 N–H and O–H groups in total. The van der Waals surface area contributed by atoms with E-state index in [2.05, 4.69) is 5.32 Å². The lowest BCUT2D eigenvalue weighted by Gasteiger charge is -2.16. The van der Waals surface area contributed by atoms with Gasteiger partial charge in [0.25, 0.3) is 0 Å². The van der Waals surface area contributed by atoms with Crippen molar-refractivity contribution in [2.75, 3.05) is 13.2 Å². The van der Waals surface area contributed by atoms with Crippen molar-refractivity contribution in [3.8, 4) is 6.07 Å². The summed E-state index contributed by atoms with van der Waals surface area (Å²) in [6.07, 6.45) is 2.13. The number of nitrogens with zero attached hydrogens (tertiary/aromatic N) is 1. The van der Waals surface area contributed by atoms with Gasteiger partial charge in [-0.15, -0.1) is 0 Å². The zero-order valence-corrected chi connectivity index (χ0v) is 10.6. The van der Waals surface area contributed by atoms with E-state index in [9.17, 15) is 4.39 Å². The first-order valence-corrected chi connectivity index (χ1v) is 6.28. The van der Waals surface area contributed by atoms with Gasteiger partial charge in [-0.05, 0) is 18.9 Å². The summed E-state index contributed by atoms with van der Waals surface area (Å²) in [5, 5.41) is 12.2. The predicted octanol–water partition coefficient (Wildman–Crippen LogP) is 2.81. The Morgan fingerprint density at radius 3 is 3.11 bits per heavy atom. The van der Waals surface area contributed by atoms with Gasteiger partial charge in [-0.3, -0.25) is 5.32 Å². The Morgan fingerprint density at radius 2 is 2.44 bits per heavy atom. The highest BCUT2D eigenvalue weighted by Gasteiger charge is 2.20. The molecule has 5 heteroatoms. The van der Waals surface area contributed by atoms with E-state index in [1.807, 2.05) is 6.07 Å². The number of hydrogen-bond donors (Lipinski definition) is 1. The summed E-state index contributed by atoms with van der Waals surface area (Å²) in [6.45, 7) is 1.30. The monoisotopic (exact) mass is 268 g/mol. The van der Waals surface area contributed by atoms with Crippen molar-refractivity contribution in [1.82, 2.24) is 5.32 Å². The zero-order chi connectivity index (χ0) is 13.0. The van der Waals surface area contributed by atoms with E-state index in [4.69, 9.17) is 21.6 Å². The first-order valence-electron chi connectivity index (χ1n) is 5.91. The van der Waals surface area contributed by atoms with E-state index >= 15 is 0 Å². The van der Waals surface area contributed by atoms with Crippen LogP contribution in [-0.4, -0.2) is 19.3 Å². The second-order valence-corrected chi connectivity index (χ2v) is 4.66. The van der Waals surface area contributed by atoms with Gasteiger partial charge < -0.3 is 4.74 Å². The van der Waals surface area contributed by atoms with Crippen molar-refractivity contribution < 1.29 is 9.13 Å². The fourth-order valence-electron chi connectivity index (χ4n) is 2.02. The van der Waals surface area contributed by atoms with Crippen LogP contribution in [0.2, 0.25) is 5.02 Å². The molecule has 96 valence electrons. The zero-order valence-electron chi connectivity index (χ0n) is 9.83. The summed E-state index contributed by atoms with van der Waals surface area (Å²) in [6, 6.07) is 6.02. The topological polar surface area (TPSA) is 45.0 Å². The maximum atomic E-state index is 13.8. The van der Waals surface area contributed by atoms with Crippen LogP contribution in [0.3, 0.4) is 0 Å². The summed E-state index contributed by atoms with van der Waals surface area (Å²) in [4.78, 5) is 0. The standard InChI is InChI=1S/C13H14ClFN2O/c14-11-5-1-4-10(13(11)15)12(7-16)17-8-9-3-2-6-18-9/h1,4-5,9,12,17H,2-3,6,8H2. The Kier molecular flexibility index (Phi) is 4.54. The molecule has 0 saturated carbocycles. The number of nitrogens with one attached hydrogen (secondary N) is 1. The summed E-state index contributed by atoms with van der Waals surface area (Å²) in [7, 11) is 0. The molecule has 0 aromatic heterocycles. The van der Waals surface area contributed by atoms with Gasteiger partial charge in [-0.25, -0.2) is 4.39 Å². The summed E-state index contributed by atoms with van der Waals surface area (Å²) in [5.41, 5.74) is 0.281. The van der Waals surface area contributed by atoms with Crippen molar-refractivity contribution in [3.05, 3.63) is 34.6 Å². The van der Waals surface area contributed by atoms with Crippen LogP contribution in [0.1, 0.15) is 24.4 Å². The van der Waals surface area contributed by atoms with Crippen molar-refractivity contribution >= 4 is 11.6 Å². The Bertz CT molecular complexity index is 455. The maximum Gasteiger partial charge on any atom is 0.147 e. The third-order valence-corrected chi connectivity index (χ3v) is 3.29. The van der Waals surface area contributed by atoms with Crippen LogP contribution in [0, 0.1) is 17.1 Å². The smallest absolute Gasteiger partial charge is 0.147 e.